The normalized spacial score (nSPS) is 24.1. The fourth-order valence-corrected chi connectivity index (χ4v) is 1.69. The van der Waals surface area contributed by atoms with Crippen LogP contribution in [0.15, 0.2) is 5.16 Å². The van der Waals surface area contributed by atoms with Crippen LogP contribution in [0.3, 0.4) is 0 Å². The molecule has 0 atom stereocenters. The average molecular weight is 167 g/mol. The lowest BCUT2D eigenvalue weighted by molar-refractivity contribution is 0.114. The lowest BCUT2D eigenvalue weighted by atomic mass is 9.80. The molecule has 0 amide bonds. The summed E-state index contributed by atoms with van der Waals surface area (Å²) in [5, 5.41) is 4.12. The quantitative estimate of drug-likeness (QED) is 0.592. The van der Waals surface area contributed by atoms with Gasteiger partial charge in [-0.05, 0) is 37.0 Å². The highest BCUT2D eigenvalue weighted by molar-refractivity contribution is 5.92. The Bertz CT molecular complexity index is 194. The fourth-order valence-electron chi connectivity index (χ4n) is 1.69. The Labute approximate surface area is 74.0 Å². The molecule has 2 aliphatic rings. The van der Waals surface area contributed by atoms with Crippen LogP contribution >= 0.6 is 0 Å². The molecule has 1 spiro atoms. The van der Waals surface area contributed by atoms with Gasteiger partial charge in [0.1, 0.15) is 6.61 Å². The summed E-state index contributed by atoms with van der Waals surface area (Å²) in [6.07, 6.45) is 5.28. The predicted molar refractivity (Wildman–Crippen MR) is 49.1 cm³/mol. The summed E-state index contributed by atoms with van der Waals surface area (Å²) in [6.45, 7) is 5.04. The van der Waals surface area contributed by atoms with Gasteiger partial charge in [-0.3, -0.25) is 0 Å². The largest absolute Gasteiger partial charge is 0.396 e. The summed E-state index contributed by atoms with van der Waals surface area (Å²) in [6, 6.07) is 0. The van der Waals surface area contributed by atoms with E-state index in [0.717, 1.165) is 12.0 Å². The van der Waals surface area contributed by atoms with Gasteiger partial charge in [0.2, 0.25) is 0 Å². The first-order chi connectivity index (χ1) is 5.70. The molecule has 0 saturated heterocycles. The van der Waals surface area contributed by atoms with Crippen molar-refractivity contribution in [3.63, 3.8) is 0 Å². The SMILES string of the molecule is CC(C)CON=C1CC2(CC2)C1. The van der Waals surface area contributed by atoms with E-state index in [9.17, 15) is 0 Å². The molecule has 0 heterocycles. The van der Waals surface area contributed by atoms with Crippen LogP contribution in [-0.2, 0) is 4.84 Å². The van der Waals surface area contributed by atoms with Gasteiger partial charge in [0.15, 0.2) is 0 Å². The van der Waals surface area contributed by atoms with Gasteiger partial charge in [0.05, 0.1) is 5.71 Å². The zero-order valence-electron chi connectivity index (χ0n) is 7.97. The molecular formula is C10H17NO. The number of rotatable bonds is 3. The van der Waals surface area contributed by atoms with Crippen molar-refractivity contribution >= 4 is 5.71 Å². The molecule has 68 valence electrons. The Morgan fingerprint density at radius 2 is 2.08 bits per heavy atom. The van der Waals surface area contributed by atoms with E-state index in [1.807, 2.05) is 0 Å². The Kier molecular flexibility index (Phi) is 1.85. The molecule has 0 N–H and O–H groups in total. The number of nitrogens with zero attached hydrogens (tertiary/aromatic N) is 1. The number of oxime groups is 1. The minimum atomic E-state index is 0.587. The van der Waals surface area contributed by atoms with Crippen molar-refractivity contribution in [3.05, 3.63) is 0 Å². The van der Waals surface area contributed by atoms with Gasteiger partial charge in [-0.15, -0.1) is 0 Å². The predicted octanol–water partition coefficient (Wildman–Crippen LogP) is 2.59. The Morgan fingerprint density at radius 3 is 2.58 bits per heavy atom. The molecule has 0 unspecified atom stereocenters. The average Bonchev–Trinajstić information content (AvgIpc) is 2.64. The minimum Gasteiger partial charge on any atom is -0.396 e. The van der Waals surface area contributed by atoms with E-state index in [2.05, 4.69) is 19.0 Å². The first kappa shape index (κ1) is 8.09. The van der Waals surface area contributed by atoms with Gasteiger partial charge in [-0.2, -0.15) is 0 Å². The number of hydrogen-bond donors (Lipinski definition) is 0. The first-order valence-corrected chi connectivity index (χ1v) is 4.88. The third kappa shape index (κ3) is 1.62. The number of hydrogen-bond acceptors (Lipinski definition) is 2. The van der Waals surface area contributed by atoms with Crippen molar-refractivity contribution in [2.45, 2.75) is 39.5 Å². The van der Waals surface area contributed by atoms with Gasteiger partial charge < -0.3 is 4.84 Å². The smallest absolute Gasteiger partial charge is 0.119 e. The summed E-state index contributed by atoms with van der Waals surface area (Å²) in [5.41, 5.74) is 2.01. The highest BCUT2D eigenvalue weighted by atomic mass is 16.6. The van der Waals surface area contributed by atoms with Crippen LogP contribution in [-0.4, -0.2) is 12.3 Å². The van der Waals surface area contributed by atoms with E-state index in [1.54, 1.807) is 0 Å². The van der Waals surface area contributed by atoms with Gasteiger partial charge >= 0.3 is 0 Å². The second-order valence-electron chi connectivity index (χ2n) is 4.70. The van der Waals surface area contributed by atoms with Crippen molar-refractivity contribution in [1.29, 1.82) is 0 Å². The van der Waals surface area contributed by atoms with E-state index in [4.69, 9.17) is 4.84 Å². The molecule has 2 aliphatic carbocycles. The summed E-state index contributed by atoms with van der Waals surface area (Å²) in [4.78, 5) is 5.21. The molecule has 0 bridgehead atoms. The van der Waals surface area contributed by atoms with Crippen LogP contribution < -0.4 is 0 Å². The lowest BCUT2D eigenvalue weighted by Crippen LogP contribution is -2.25. The molecule has 0 aromatic heterocycles. The second kappa shape index (κ2) is 2.75. The molecule has 0 aromatic carbocycles. The van der Waals surface area contributed by atoms with Crippen molar-refractivity contribution in [1.82, 2.24) is 0 Å². The maximum absolute atomic E-state index is 5.21. The molecule has 2 nitrogen and oxygen atoms in total. The maximum Gasteiger partial charge on any atom is 0.119 e. The molecule has 2 rings (SSSR count). The van der Waals surface area contributed by atoms with Crippen LogP contribution in [0, 0.1) is 11.3 Å². The third-order valence-corrected chi connectivity index (χ3v) is 2.72. The van der Waals surface area contributed by atoms with Crippen LogP contribution in [0.25, 0.3) is 0 Å². The van der Waals surface area contributed by atoms with E-state index in [-0.39, 0.29) is 0 Å². The summed E-state index contributed by atoms with van der Waals surface area (Å²) in [7, 11) is 0. The molecular weight excluding hydrogens is 150 g/mol. The fraction of sp³-hybridized carbons (Fsp3) is 0.900. The maximum atomic E-state index is 5.21. The van der Waals surface area contributed by atoms with Gasteiger partial charge in [0, 0.05) is 0 Å². The summed E-state index contributed by atoms with van der Waals surface area (Å²) in [5.74, 6) is 0.587. The van der Waals surface area contributed by atoms with E-state index < -0.39 is 0 Å². The van der Waals surface area contributed by atoms with Gasteiger partial charge in [-0.25, -0.2) is 0 Å². The first-order valence-electron chi connectivity index (χ1n) is 4.88. The topological polar surface area (TPSA) is 21.6 Å². The Morgan fingerprint density at radius 1 is 1.42 bits per heavy atom. The monoisotopic (exact) mass is 167 g/mol. The van der Waals surface area contributed by atoms with E-state index >= 15 is 0 Å². The van der Waals surface area contributed by atoms with Crippen molar-refractivity contribution in [3.8, 4) is 0 Å². The highest BCUT2D eigenvalue weighted by Crippen LogP contribution is 2.59. The highest BCUT2D eigenvalue weighted by Gasteiger charge is 2.51. The van der Waals surface area contributed by atoms with Gasteiger partial charge in [-0.1, -0.05) is 19.0 Å². The second-order valence-corrected chi connectivity index (χ2v) is 4.70. The van der Waals surface area contributed by atoms with Crippen molar-refractivity contribution in [2.75, 3.05) is 6.61 Å². The summed E-state index contributed by atoms with van der Waals surface area (Å²) < 4.78 is 0. The molecule has 2 saturated carbocycles. The zero-order chi connectivity index (χ0) is 8.60. The third-order valence-electron chi connectivity index (χ3n) is 2.72. The van der Waals surface area contributed by atoms with Crippen LogP contribution in [0.4, 0.5) is 0 Å². The molecule has 2 fully saturated rings. The summed E-state index contributed by atoms with van der Waals surface area (Å²) >= 11 is 0. The minimum absolute atomic E-state index is 0.587. The van der Waals surface area contributed by atoms with Crippen LogP contribution in [0.5, 0.6) is 0 Å². The molecule has 0 radical (unpaired) electrons. The Balaban J connectivity index is 1.66. The van der Waals surface area contributed by atoms with Crippen LogP contribution in [0.2, 0.25) is 0 Å². The van der Waals surface area contributed by atoms with Gasteiger partial charge in [0.25, 0.3) is 0 Å². The molecule has 12 heavy (non-hydrogen) atoms. The standard InChI is InChI=1S/C10H17NO/c1-8(2)7-12-11-9-5-10(6-9)3-4-10/h8H,3-7H2,1-2H3. The molecule has 2 heteroatoms. The lowest BCUT2D eigenvalue weighted by Gasteiger charge is -2.26. The van der Waals surface area contributed by atoms with Crippen molar-refractivity contribution in [2.24, 2.45) is 16.5 Å². The Hall–Kier alpha value is -0.530. The van der Waals surface area contributed by atoms with Crippen LogP contribution in [0.1, 0.15) is 39.5 Å². The van der Waals surface area contributed by atoms with Crippen molar-refractivity contribution < 1.29 is 4.84 Å². The van der Waals surface area contributed by atoms with E-state index in [0.29, 0.717) is 5.92 Å². The molecule has 0 aromatic rings. The zero-order valence-corrected chi connectivity index (χ0v) is 7.97. The molecule has 0 aliphatic heterocycles. The van der Waals surface area contributed by atoms with E-state index in [1.165, 1.54) is 31.4 Å².